The van der Waals surface area contributed by atoms with Crippen LogP contribution < -0.4 is 0 Å². The standard InChI is InChI=1S/C6H14O3.C5H12O2.3C3H4O2/c1-2-6(3-7,4-8)5-9;1-5(2,3-6)4-7;3*1-2-3(4)5/h7-9H,2-5H2,1H3;6-7H,3-4H2,1-2H3;3*2H,1H2,(H,4,5). The number of aliphatic hydroxyl groups excluding tert-OH is 5. The van der Waals surface area contributed by atoms with Gasteiger partial charge in [0.25, 0.3) is 0 Å². The minimum atomic E-state index is -0.981. The lowest BCUT2D eigenvalue weighted by molar-refractivity contribution is -0.132. The molecule has 0 radical (unpaired) electrons. The average Bonchev–Trinajstić information content (AvgIpc) is 2.77. The van der Waals surface area contributed by atoms with Crippen molar-refractivity contribution < 1.29 is 55.2 Å². The lowest BCUT2D eigenvalue weighted by atomic mass is 9.88. The first-order valence-electron chi connectivity index (χ1n) is 8.78. The van der Waals surface area contributed by atoms with Crippen LogP contribution in [0.25, 0.3) is 0 Å². The van der Waals surface area contributed by atoms with E-state index in [0.29, 0.717) is 6.42 Å². The summed E-state index contributed by atoms with van der Waals surface area (Å²) in [6, 6.07) is 0. The molecule has 0 atom stereocenters. The summed E-state index contributed by atoms with van der Waals surface area (Å²) in [6.07, 6.45) is 3.09. The predicted molar refractivity (Wildman–Crippen MR) is 115 cm³/mol. The monoisotopic (exact) mass is 454 g/mol. The highest BCUT2D eigenvalue weighted by Crippen LogP contribution is 2.18. The number of hydrogen-bond acceptors (Lipinski definition) is 8. The Morgan fingerprint density at radius 2 is 0.839 bits per heavy atom. The maximum absolute atomic E-state index is 9.25. The summed E-state index contributed by atoms with van der Waals surface area (Å²) in [4.78, 5) is 27.8. The molecule has 0 unspecified atom stereocenters. The molecule has 0 aliphatic heterocycles. The highest BCUT2D eigenvalue weighted by atomic mass is 16.4. The zero-order valence-corrected chi connectivity index (χ0v) is 18.4. The van der Waals surface area contributed by atoms with Crippen LogP contribution in [0.4, 0.5) is 0 Å². The Morgan fingerprint density at radius 1 is 0.645 bits per heavy atom. The Balaban J connectivity index is -0.0000000932. The van der Waals surface area contributed by atoms with Gasteiger partial charge in [-0.2, -0.15) is 0 Å². The van der Waals surface area contributed by atoms with E-state index in [1.54, 1.807) is 13.8 Å². The number of carboxylic acids is 3. The van der Waals surface area contributed by atoms with E-state index in [1.807, 2.05) is 6.92 Å². The lowest BCUT2D eigenvalue weighted by Gasteiger charge is -2.24. The molecular weight excluding hydrogens is 416 g/mol. The van der Waals surface area contributed by atoms with Gasteiger partial charge in [-0.05, 0) is 6.42 Å². The summed E-state index contributed by atoms with van der Waals surface area (Å²) in [5.41, 5.74) is -0.972. The van der Waals surface area contributed by atoms with Gasteiger partial charge in [-0.1, -0.05) is 40.5 Å². The van der Waals surface area contributed by atoms with Gasteiger partial charge in [0, 0.05) is 29.1 Å². The van der Waals surface area contributed by atoms with Crippen molar-refractivity contribution in [3.05, 3.63) is 38.0 Å². The van der Waals surface area contributed by atoms with Crippen LogP contribution in [0.1, 0.15) is 27.2 Å². The van der Waals surface area contributed by atoms with E-state index in [2.05, 4.69) is 19.7 Å². The first-order chi connectivity index (χ1) is 14.2. The number of rotatable bonds is 9. The Morgan fingerprint density at radius 3 is 0.839 bits per heavy atom. The molecule has 8 N–H and O–H groups in total. The molecular formula is C20H38O11. The van der Waals surface area contributed by atoms with Crippen LogP contribution in [-0.4, -0.2) is 91.8 Å². The van der Waals surface area contributed by atoms with Crippen molar-refractivity contribution in [1.82, 2.24) is 0 Å². The molecule has 0 bridgehead atoms. The molecule has 0 aromatic rings. The molecule has 0 fully saturated rings. The Bertz CT molecular complexity index is 429. The van der Waals surface area contributed by atoms with Crippen molar-refractivity contribution >= 4 is 17.9 Å². The number of carbonyl (C=O) groups is 3. The fourth-order valence-electron chi connectivity index (χ4n) is 0.535. The normalized spacial score (nSPS) is 9.29. The summed E-state index contributed by atoms with van der Waals surface area (Å²) in [5, 5.41) is 65.7. The largest absolute Gasteiger partial charge is 0.478 e. The zero-order valence-electron chi connectivity index (χ0n) is 18.4. The van der Waals surface area contributed by atoms with E-state index in [0.717, 1.165) is 18.2 Å². The van der Waals surface area contributed by atoms with E-state index in [-0.39, 0.29) is 38.4 Å². The molecule has 0 saturated heterocycles. The van der Waals surface area contributed by atoms with Crippen LogP contribution in [0.3, 0.4) is 0 Å². The van der Waals surface area contributed by atoms with Crippen molar-refractivity contribution in [2.45, 2.75) is 27.2 Å². The van der Waals surface area contributed by atoms with E-state index < -0.39 is 23.3 Å². The molecule has 0 spiro atoms. The second-order valence-electron chi connectivity index (χ2n) is 6.44. The fraction of sp³-hybridized carbons (Fsp3) is 0.550. The molecule has 0 amide bonds. The topological polar surface area (TPSA) is 213 Å². The molecule has 0 aliphatic carbocycles. The van der Waals surface area contributed by atoms with E-state index in [9.17, 15) is 14.4 Å². The van der Waals surface area contributed by atoms with Crippen LogP contribution in [0.5, 0.6) is 0 Å². The van der Waals surface area contributed by atoms with Gasteiger partial charge < -0.3 is 40.9 Å². The van der Waals surface area contributed by atoms with Gasteiger partial charge in [0.1, 0.15) is 0 Å². The Hall–Kier alpha value is -2.57. The van der Waals surface area contributed by atoms with Crippen LogP contribution in [0.2, 0.25) is 0 Å². The highest BCUT2D eigenvalue weighted by molar-refractivity contribution is 5.79. The van der Waals surface area contributed by atoms with Gasteiger partial charge >= 0.3 is 17.9 Å². The van der Waals surface area contributed by atoms with Crippen LogP contribution in [0.15, 0.2) is 38.0 Å². The van der Waals surface area contributed by atoms with Crippen LogP contribution in [-0.2, 0) is 14.4 Å². The average molecular weight is 455 g/mol. The molecule has 11 heteroatoms. The third-order valence-electron chi connectivity index (χ3n) is 3.14. The molecule has 0 heterocycles. The Kier molecular flexibility index (Phi) is 32.0. The predicted octanol–water partition coefficient (Wildman–Crippen LogP) is 0.128. The number of hydrogen-bond donors (Lipinski definition) is 8. The molecule has 0 saturated carbocycles. The first-order valence-corrected chi connectivity index (χ1v) is 8.78. The molecule has 11 nitrogen and oxygen atoms in total. The maximum atomic E-state index is 9.25. The van der Waals surface area contributed by atoms with Crippen LogP contribution >= 0.6 is 0 Å². The number of aliphatic carboxylic acids is 3. The van der Waals surface area contributed by atoms with Gasteiger partial charge in [-0.15, -0.1) is 0 Å². The van der Waals surface area contributed by atoms with Crippen molar-refractivity contribution in [3.63, 3.8) is 0 Å². The molecule has 0 aliphatic rings. The smallest absolute Gasteiger partial charge is 0.327 e. The first kappa shape index (κ1) is 39.0. The summed E-state index contributed by atoms with van der Waals surface area (Å²) >= 11 is 0. The summed E-state index contributed by atoms with van der Waals surface area (Å²) in [7, 11) is 0. The third-order valence-corrected chi connectivity index (χ3v) is 3.14. The number of aliphatic hydroxyl groups is 5. The molecule has 184 valence electrons. The molecule has 0 aromatic carbocycles. The van der Waals surface area contributed by atoms with E-state index in [1.165, 1.54) is 0 Å². The lowest BCUT2D eigenvalue weighted by Crippen LogP contribution is -2.32. The second kappa shape index (κ2) is 25.5. The minimum absolute atomic E-state index is 0.0451. The quantitative estimate of drug-likeness (QED) is 0.219. The van der Waals surface area contributed by atoms with Crippen molar-refractivity contribution in [2.24, 2.45) is 10.8 Å². The van der Waals surface area contributed by atoms with E-state index in [4.69, 9.17) is 40.9 Å². The van der Waals surface area contributed by atoms with Crippen molar-refractivity contribution in [2.75, 3.05) is 33.0 Å². The van der Waals surface area contributed by atoms with Gasteiger partial charge in [0.2, 0.25) is 0 Å². The maximum Gasteiger partial charge on any atom is 0.327 e. The van der Waals surface area contributed by atoms with Gasteiger partial charge in [0.15, 0.2) is 0 Å². The van der Waals surface area contributed by atoms with Gasteiger partial charge in [0.05, 0.1) is 33.0 Å². The highest BCUT2D eigenvalue weighted by Gasteiger charge is 2.24. The molecule has 0 aromatic heterocycles. The van der Waals surface area contributed by atoms with Crippen LogP contribution in [0, 0.1) is 10.8 Å². The SMILES string of the molecule is C=CC(=O)O.C=CC(=O)O.C=CC(=O)O.CC(C)(CO)CO.CCC(CO)(CO)CO. The summed E-state index contributed by atoms with van der Waals surface area (Å²) in [6.45, 7) is 13.9. The van der Waals surface area contributed by atoms with Gasteiger partial charge in [-0.3, -0.25) is 0 Å². The number of carboxylic acid groups (broad SMARTS) is 3. The summed E-state index contributed by atoms with van der Waals surface area (Å²) in [5.74, 6) is -2.94. The fourth-order valence-corrected chi connectivity index (χ4v) is 0.535. The minimum Gasteiger partial charge on any atom is -0.478 e. The molecule has 0 rings (SSSR count). The van der Waals surface area contributed by atoms with Gasteiger partial charge in [-0.25, -0.2) is 14.4 Å². The van der Waals surface area contributed by atoms with E-state index >= 15 is 0 Å². The van der Waals surface area contributed by atoms with Crippen molar-refractivity contribution in [3.8, 4) is 0 Å². The molecule has 31 heavy (non-hydrogen) atoms. The third kappa shape index (κ3) is 38.6. The zero-order chi connectivity index (χ0) is 26.1. The Labute approximate surface area is 182 Å². The van der Waals surface area contributed by atoms with Crippen molar-refractivity contribution in [1.29, 1.82) is 0 Å². The second-order valence-corrected chi connectivity index (χ2v) is 6.44. The summed E-state index contributed by atoms with van der Waals surface area (Å²) < 4.78 is 0.